The molecule has 2 atom stereocenters. The number of carbonyl (C=O) groups is 2. The third kappa shape index (κ3) is 1.72. The van der Waals surface area contributed by atoms with Crippen LogP contribution in [0.25, 0.3) is 0 Å². The van der Waals surface area contributed by atoms with Gasteiger partial charge in [0.2, 0.25) is 0 Å². The molecule has 0 aromatic heterocycles. The number of fused-ring (bicyclic) bond motifs is 1. The molecule has 2 aliphatic rings. The highest BCUT2D eigenvalue weighted by atomic mass is 16.1. The van der Waals surface area contributed by atoms with Crippen molar-refractivity contribution in [2.75, 3.05) is 0 Å². The first-order valence-electron chi connectivity index (χ1n) is 6.41. The minimum absolute atomic E-state index is 0.0744. The van der Waals surface area contributed by atoms with Crippen LogP contribution in [-0.4, -0.2) is 11.6 Å². The number of Topliss-reactive ketones (excluding diaryl/α,β-unsaturated/α-hetero) is 2. The molecule has 90 valence electrons. The molecule has 0 aromatic carbocycles. The van der Waals surface area contributed by atoms with Gasteiger partial charge in [-0.1, -0.05) is 20.8 Å². The van der Waals surface area contributed by atoms with Crippen molar-refractivity contribution in [1.29, 1.82) is 0 Å². The highest BCUT2D eigenvalue weighted by molar-refractivity contribution is 5.86. The van der Waals surface area contributed by atoms with Crippen LogP contribution in [0, 0.1) is 16.7 Å². The summed E-state index contributed by atoms with van der Waals surface area (Å²) in [5.41, 5.74) is -0.150. The second kappa shape index (κ2) is 3.68. The molecular formula is C14H22O2. The van der Waals surface area contributed by atoms with Crippen molar-refractivity contribution in [3.8, 4) is 0 Å². The molecule has 0 saturated heterocycles. The Morgan fingerprint density at radius 1 is 1.12 bits per heavy atom. The zero-order valence-electron chi connectivity index (χ0n) is 10.6. The van der Waals surface area contributed by atoms with Crippen LogP contribution in [-0.2, 0) is 9.59 Å². The van der Waals surface area contributed by atoms with Gasteiger partial charge in [-0.05, 0) is 30.6 Å². The van der Waals surface area contributed by atoms with Gasteiger partial charge in [0.15, 0.2) is 0 Å². The Morgan fingerprint density at radius 3 is 2.50 bits per heavy atom. The van der Waals surface area contributed by atoms with Gasteiger partial charge in [-0.25, -0.2) is 0 Å². The quantitative estimate of drug-likeness (QED) is 0.631. The summed E-state index contributed by atoms with van der Waals surface area (Å²) in [5, 5.41) is 0. The van der Waals surface area contributed by atoms with Crippen molar-refractivity contribution in [2.45, 2.75) is 59.3 Å². The molecule has 2 fully saturated rings. The Labute approximate surface area is 97.8 Å². The maximum atomic E-state index is 12.0. The lowest BCUT2D eigenvalue weighted by Crippen LogP contribution is -2.47. The minimum atomic E-state index is -0.225. The van der Waals surface area contributed by atoms with E-state index in [1.165, 1.54) is 0 Å². The average Bonchev–Trinajstić information content (AvgIpc) is 2.32. The molecule has 2 saturated carbocycles. The van der Waals surface area contributed by atoms with E-state index in [0.29, 0.717) is 30.3 Å². The smallest absolute Gasteiger partial charge is 0.138 e. The van der Waals surface area contributed by atoms with Gasteiger partial charge in [-0.2, -0.15) is 0 Å². The Balaban J connectivity index is 2.35. The van der Waals surface area contributed by atoms with Crippen LogP contribution in [0.1, 0.15) is 59.3 Å². The third-order valence-electron chi connectivity index (χ3n) is 4.90. The van der Waals surface area contributed by atoms with Crippen LogP contribution in [0.3, 0.4) is 0 Å². The number of hydrogen-bond acceptors (Lipinski definition) is 2. The van der Waals surface area contributed by atoms with Crippen molar-refractivity contribution < 1.29 is 9.59 Å². The molecule has 0 amide bonds. The Bertz CT molecular complexity index is 330. The van der Waals surface area contributed by atoms with Crippen LogP contribution in [0.15, 0.2) is 0 Å². The molecule has 0 radical (unpaired) electrons. The van der Waals surface area contributed by atoms with E-state index < -0.39 is 0 Å². The van der Waals surface area contributed by atoms with Crippen molar-refractivity contribution >= 4 is 11.6 Å². The van der Waals surface area contributed by atoms with Crippen LogP contribution in [0.4, 0.5) is 0 Å². The Hall–Kier alpha value is -0.660. The van der Waals surface area contributed by atoms with Crippen molar-refractivity contribution in [1.82, 2.24) is 0 Å². The van der Waals surface area contributed by atoms with Gasteiger partial charge in [0.25, 0.3) is 0 Å². The van der Waals surface area contributed by atoms with E-state index in [1.54, 1.807) is 0 Å². The van der Waals surface area contributed by atoms with Crippen LogP contribution in [0.5, 0.6) is 0 Å². The lowest BCUT2D eigenvalue weighted by Gasteiger charge is -2.49. The molecule has 2 nitrogen and oxygen atoms in total. The summed E-state index contributed by atoms with van der Waals surface area (Å²) in [7, 11) is 0. The number of hydrogen-bond donors (Lipinski definition) is 0. The summed E-state index contributed by atoms with van der Waals surface area (Å²) < 4.78 is 0. The second-order valence-corrected chi connectivity index (χ2v) is 6.46. The predicted octanol–water partition coefficient (Wildman–Crippen LogP) is 3.14. The summed E-state index contributed by atoms with van der Waals surface area (Å²) in [6.45, 7) is 6.37. The second-order valence-electron chi connectivity index (χ2n) is 6.46. The van der Waals surface area contributed by atoms with E-state index in [9.17, 15) is 9.59 Å². The standard InChI is InChI=1S/C14H22O2/c1-13(2)11-6-4-5-10(15)9-14(11,3)8-7-12(13)16/h11H,4-9H2,1-3H3/t11-,14+/m0/s1. The fourth-order valence-electron chi connectivity index (χ4n) is 3.92. The maximum absolute atomic E-state index is 12.0. The highest BCUT2D eigenvalue weighted by Crippen LogP contribution is 2.54. The van der Waals surface area contributed by atoms with E-state index in [0.717, 1.165) is 25.7 Å². The predicted molar refractivity (Wildman–Crippen MR) is 63.1 cm³/mol. The molecule has 0 N–H and O–H groups in total. The number of ketones is 2. The van der Waals surface area contributed by atoms with E-state index in [1.807, 2.05) is 0 Å². The normalized spacial score (nSPS) is 39.1. The zero-order chi connectivity index (χ0) is 12.0. The third-order valence-corrected chi connectivity index (χ3v) is 4.90. The van der Waals surface area contributed by atoms with E-state index in [4.69, 9.17) is 0 Å². The maximum Gasteiger partial charge on any atom is 0.138 e. The molecule has 0 heterocycles. The first-order valence-corrected chi connectivity index (χ1v) is 6.41. The lowest BCUT2D eigenvalue weighted by molar-refractivity contribution is -0.142. The summed E-state index contributed by atoms with van der Waals surface area (Å²) in [4.78, 5) is 23.8. The molecule has 2 rings (SSSR count). The van der Waals surface area contributed by atoms with Gasteiger partial charge in [0.1, 0.15) is 11.6 Å². The Morgan fingerprint density at radius 2 is 1.81 bits per heavy atom. The van der Waals surface area contributed by atoms with Gasteiger partial charge >= 0.3 is 0 Å². The SMILES string of the molecule is CC1(C)C(=O)CC[C@]2(C)CC(=O)CCC[C@@H]12. The van der Waals surface area contributed by atoms with Gasteiger partial charge in [0, 0.05) is 24.7 Å². The molecule has 16 heavy (non-hydrogen) atoms. The van der Waals surface area contributed by atoms with E-state index >= 15 is 0 Å². The minimum Gasteiger partial charge on any atom is -0.300 e. The number of carbonyl (C=O) groups excluding carboxylic acids is 2. The zero-order valence-corrected chi connectivity index (χ0v) is 10.6. The van der Waals surface area contributed by atoms with Gasteiger partial charge in [0.05, 0.1) is 0 Å². The molecule has 2 heteroatoms. The molecule has 0 bridgehead atoms. The molecule has 0 unspecified atom stereocenters. The summed E-state index contributed by atoms with van der Waals surface area (Å²) >= 11 is 0. The van der Waals surface area contributed by atoms with Crippen LogP contribution >= 0.6 is 0 Å². The van der Waals surface area contributed by atoms with Crippen molar-refractivity contribution in [3.63, 3.8) is 0 Å². The highest BCUT2D eigenvalue weighted by Gasteiger charge is 2.51. The van der Waals surface area contributed by atoms with E-state index in [2.05, 4.69) is 20.8 Å². The summed E-state index contributed by atoms with van der Waals surface area (Å²) in [6.07, 6.45) is 4.99. The Kier molecular flexibility index (Phi) is 2.72. The summed E-state index contributed by atoms with van der Waals surface area (Å²) in [5.74, 6) is 1.19. The number of rotatable bonds is 0. The van der Waals surface area contributed by atoms with E-state index in [-0.39, 0.29) is 10.8 Å². The van der Waals surface area contributed by atoms with Gasteiger partial charge in [-0.15, -0.1) is 0 Å². The molecule has 0 aromatic rings. The van der Waals surface area contributed by atoms with Gasteiger partial charge in [-0.3, -0.25) is 9.59 Å². The fourth-order valence-corrected chi connectivity index (χ4v) is 3.92. The van der Waals surface area contributed by atoms with Crippen LogP contribution in [0.2, 0.25) is 0 Å². The molecule has 0 spiro atoms. The molecule has 0 aliphatic heterocycles. The first kappa shape index (κ1) is 11.8. The van der Waals surface area contributed by atoms with Crippen LogP contribution < -0.4 is 0 Å². The van der Waals surface area contributed by atoms with Gasteiger partial charge < -0.3 is 0 Å². The van der Waals surface area contributed by atoms with Crippen molar-refractivity contribution in [2.24, 2.45) is 16.7 Å². The monoisotopic (exact) mass is 222 g/mol. The summed E-state index contributed by atoms with van der Waals surface area (Å²) in [6, 6.07) is 0. The van der Waals surface area contributed by atoms with Crippen molar-refractivity contribution in [3.05, 3.63) is 0 Å². The largest absolute Gasteiger partial charge is 0.300 e. The molecule has 2 aliphatic carbocycles. The first-order chi connectivity index (χ1) is 7.36. The molecular weight excluding hydrogens is 200 g/mol. The average molecular weight is 222 g/mol. The fraction of sp³-hybridized carbons (Fsp3) is 0.857. The topological polar surface area (TPSA) is 34.1 Å². The lowest BCUT2D eigenvalue weighted by atomic mass is 9.54.